The van der Waals surface area contributed by atoms with Crippen LogP contribution in [-0.4, -0.2) is 18.8 Å². The summed E-state index contributed by atoms with van der Waals surface area (Å²) < 4.78 is 5.50. The van der Waals surface area contributed by atoms with Gasteiger partial charge in [-0.05, 0) is 38.0 Å². The molecule has 17 heavy (non-hydrogen) atoms. The van der Waals surface area contributed by atoms with Crippen molar-refractivity contribution in [3.63, 3.8) is 0 Å². The van der Waals surface area contributed by atoms with Crippen molar-refractivity contribution < 1.29 is 4.74 Å². The predicted molar refractivity (Wildman–Crippen MR) is 68.2 cm³/mol. The molecule has 0 spiro atoms. The average molecular weight is 251 g/mol. The Balaban J connectivity index is 1.94. The van der Waals surface area contributed by atoms with Gasteiger partial charge in [-0.25, -0.2) is 0 Å². The maximum Gasteiger partial charge on any atom is 0.0992 e. The van der Waals surface area contributed by atoms with E-state index < -0.39 is 0 Å². The summed E-state index contributed by atoms with van der Waals surface area (Å²) >= 11 is 6.07. The molecule has 1 aliphatic carbocycles. The summed E-state index contributed by atoms with van der Waals surface area (Å²) in [6.45, 7) is 2.77. The first kappa shape index (κ1) is 12.2. The molecule has 0 heterocycles. The first-order valence-corrected chi connectivity index (χ1v) is 6.18. The van der Waals surface area contributed by atoms with Gasteiger partial charge in [-0.3, -0.25) is 0 Å². The number of nitrogens with zero attached hydrogens (tertiary/aromatic N) is 1. The van der Waals surface area contributed by atoms with Gasteiger partial charge < -0.3 is 10.1 Å². The summed E-state index contributed by atoms with van der Waals surface area (Å²) in [7, 11) is 0. The van der Waals surface area contributed by atoms with E-state index in [-0.39, 0.29) is 0 Å². The minimum atomic E-state index is 0.371. The Morgan fingerprint density at radius 3 is 2.94 bits per heavy atom. The molecule has 0 unspecified atom stereocenters. The fraction of sp³-hybridized carbons (Fsp3) is 0.462. The Hall–Kier alpha value is -1.24. The van der Waals surface area contributed by atoms with Crippen LogP contribution in [0.4, 0.5) is 5.69 Å². The lowest BCUT2D eigenvalue weighted by Crippen LogP contribution is -2.40. The number of ether oxygens (including phenoxy) is 1. The Morgan fingerprint density at radius 1 is 1.53 bits per heavy atom. The van der Waals surface area contributed by atoms with E-state index in [9.17, 15) is 0 Å². The molecule has 1 aliphatic rings. The second-order valence-corrected chi connectivity index (χ2v) is 4.60. The van der Waals surface area contributed by atoms with Crippen molar-refractivity contribution in [1.29, 1.82) is 5.26 Å². The number of nitriles is 1. The number of halogens is 1. The molecule has 1 fully saturated rings. The monoisotopic (exact) mass is 250 g/mol. The lowest BCUT2D eigenvalue weighted by atomic mass is 9.89. The number of hydrogen-bond acceptors (Lipinski definition) is 3. The van der Waals surface area contributed by atoms with Gasteiger partial charge in [0.25, 0.3) is 0 Å². The number of anilines is 1. The molecule has 1 aromatic carbocycles. The van der Waals surface area contributed by atoms with Crippen molar-refractivity contribution in [1.82, 2.24) is 0 Å². The van der Waals surface area contributed by atoms with Gasteiger partial charge in [-0.2, -0.15) is 5.26 Å². The fourth-order valence-corrected chi connectivity index (χ4v) is 2.15. The van der Waals surface area contributed by atoms with Gasteiger partial charge >= 0.3 is 0 Å². The van der Waals surface area contributed by atoms with Gasteiger partial charge in [0.15, 0.2) is 0 Å². The minimum Gasteiger partial charge on any atom is -0.381 e. The molecule has 3 nitrogen and oxygen atoms in total. The van der Waals surface area contributed by atoms with Crippen LogP contribution < -0.4 is 5.32 Å². The second-order valence-electron chi connectivity index (χ2n) is 4.20. The van der Waals surface area contributed by atoms with Crippen molar-refractivity contribution in [2.75, 3.05) is 11.9 Å². The summed E-state index contributed by atoms with van der Waals surface area (Å²) in [5.74, 6) is 0. The molecule has 1 aromatic rings. The largest absolute Gasteiger partial charge is 0.381 e. The van der Waals surface area contributed by atoms with E-state index >= 15 is 0 Å². The number of benzene rings is 1. The highest BCUT2D eigenvalue weighted by atomic mass is 35.5. The summed E-state index contributed by atoms with van der Waals surface area (Å²) in [5.41, 5.74) is 1.46. The van der Waals surface area contributed by atoms with Crippen molar-refractivity contribution in [2.24, 2.45) is 0 Å². The van der Waals surface area contributed by atoms with Crippen molar-refractivity contribution >= 4 is 17.3 Å². The highest BCUT2D eigenvalue weighted by Crippen LogP contribution is 2.30. The van der Waals surface area contributed by atoms with E-state index in [4.69, 9.17) is 21.6 Å². The van der Waals surface area contributed by atoms with E-state index in [1.807, 2.05) is 6.92 Å². The molecule has 2 rings (SSSR count). The Labute approximate surface area is 106 Å². The second kappa shape index (κ2) is 5.39. The van der Waals surface area contributed by atoms with Gasteiger partial charge in [0.2, 0.25) is 0 Å². The average Bonchev–Trinajstić information content (AvgIpc) is 2.29. The molecule has 1 saturated carbocycles. The van der Waals surface area contributed by atoms with Gasteiger partial charge in [0.05, 0.1) is 28.4 Å². The maximum atomic E-state index is 8.83. The summed E-state index contributed by atoms with van der Waals surface area (Å²) in [5, 5.41) is 12.8. The highest BCUT2D eigenvalue weighted by Gasteiger charge is 2.29. The van der Waals surface area contributed by atoms with Crippen LogP contribution in [0.25, 0.3) is 0 Å². The van der Waals surface area contributed by atoms with Gasteiger partial charge in [-0.15, -0.1) is 0 Å². The molecule has 0 bridgehead atoms. The molecule has 1 N–H and O–H groups in total. The quantitative estimate of drug-likeness (QED) is 0.893. The van der Waals surface area contributed by atoms with Crippen LogP contribution >= 0.6 is 11.6 Å². The molecule has 0 amide bonds. The zero-order valence-electron chi connectivity index (χ0n) is 9.74. The van der Waals surface area contributed by atoms with Crippen LogP contribution in [0.2, 0.25) is 5.02 Å². The molecular weight excluding hydrogens is 236 g/mol. The normalized spacial score (nSPS) is 22.6. The van der Waals surface area contributed by atoms with Crippen LogP contribution in [0.1, 0.15) is 25.3 Å². The number of nitrogens with one attached hydrogen (secondary N) is 1. The summed E-state index contributed by atoms with van der Waals surface area (Å²) in [6, 6.07) is 7.77. The lowest BCUT2D eigenvalue weighted by molar-refractivity contribution is 0.00299. The summed E-state index contributed by atoms with van der Waals surface area (Å²) in [6.07, 6.45) is 2.37. The van der Waals surface area contributed by atoms with E-state index in [2.05, 4.69) is 11.4 Å². The van der Waals surface area contributed by atoms with Crippen LogP contribution in [0.3, 0.4) is 0 Å². The van der Waals surface area contributed by atoms with Crippen molar-refractivity contribution in [3.8, 4) is 6.07 Å². The zero-order valence-corrected chi connectivity index (χ0v) is 10.5. The van der Waals surface area contributed by atoms with E-state index in [1.54, 1.807) is 18.2 Å². The minimum absolute atomic E-state index is 0.371. The SMILES string of the molecule is CCOC1CC(Nc2cc(C#N)ccc2Cl)C1. The van der Waals surface area contributed by atoms with Gasteiger partial charge in [-0.1, -0.05) is 11.6 Å². The highest BCUT2D eigenvalue weighted by molar-refractivity contribution is 6.33. The molecule has 0 aliphatic heterocycles. The van der Waals surface area contributed by atoms with Crippen molar-refractivity contribution in [2.45, 2.75) is 31.9 Å². The van der Waals surface area contributed by atoms with Crippen LogP contribution in [-0.2, 0) is 4.74 Å². The van der Waals surface area contributed by atoms with Crippen LogP contribution in [0.5, 0.6) is 0 Å². The Kier molecular flexibility index (Phi) is 3.88. The topological polar surface area (TPSA) is 45.0 Å². The molecule has 0 saturated heterocycles. The maximum absolute atomic E-state index is 8.83. The standard InChI is InChI=1S/C13H15ClN2O/c1-2-17-11-6-10(7-11)16-13-5-9(8-15)3-4-12(13)14/h3-5,10-11,16H,2,6-7H2,1H3. The van der Waals surface area contributed by atoms with E-state index in [0.29, 0.717) is 22.7 Å². The lowest BCUT2D eigenvalue weighted by Gasteiger charge is -2.36. The molecule has 90 valence electrons. The van der Waals surface area contributed by atoms with Crippen molar-refractivity contribution in [3.05, 3.63) is 28.8 Å². The smallest absolute Gasteiger partial charge is 0.0992 e. The zero-order chi connectivity index (χ0) is 12.3. The van der Waals surface area contributed by atoms with E-state index in [1.165, 1.54) is 0 Å². The Bertz CT molecular complexity index is 436. The molecular formula is C13H15ClN2O. The predicted octanol–water partition coefficient (Wildman–Crippen LogP) is 3.19. The first-order chi connectivity index (χ1) is 8.22. The van der Waals surface area contributed by atoms with E-state index in [0.717, 1.165) is 25.1 Å². The first-order valence-electron chi connectivity index (χ1n) is 5.80. The Morgan fingerprint density at radius 2 is 2.29 bits per heavy atom. The van der Waals surface area contributed by atoms with Gasteiger partial charge in [0, 0.05) is 12.6 Å². The third kappa shape index (κ3) is 2.91. The third-order valence-corrected chi connectivity index (χ3v) is 3.28. The third-order valence-electron chi connectivity index (χ3n) is 2.95. The van der Waals surface area contributed by atoms with Crippen LogP contribution in [0, 0.1) is 11.3 Å². The van der Waals surface area contributed by atoms with Crippen LogP contribution in [0.15, 0.2) is 18.2 Å². The molecule has 0 atom stereocenters. The molecule has 0 aromatic heterocycles. The molecule has 0 radical (unpaired) electrons. The fourth-order valence-electron chi connectivity index (χ4n) is 1.98. The van der Waals surface area contributed by atoms with Gasteiger partial charge in [0.1, 0.15) is 0 Å². The summed E-state index contributed by atoms with van der Waals surface area (Å²) in [4.78, 5) is 0. The number of rotatable bonds is 4. The number of hydrogen-bond donors (Lipinski definition) is 1. The molecule has 4 heteroatoms.